The van der Waals surface area contributed by atoms with Crippen LogP contribution in [0.5, 0.6) is 0 Å². The van der Waals surface area contributed by atoms with Gasteiger partial charge in [0.15, 0.2) is 0 Å². The first-order valence-corrected chi connectivity index (χ1v) is 4.28. The molecule has 0 fully saturated rings. The van der Waals surface area contributed by atoms with Gasteiger partial charge in [0.25, 0.3) is 0 Å². The zero-order valence-electron chi connectivity index (χ0n) is 6.98. The minimum Gasteiger partial charge on any atom is -0.333 e. The lowest BCUT2D eigenvalue weighted by Crippen LogP contribution is -2.10. The molecule has 0 atom stereocenters. The second kappa shape index (κ2) is 3.36. The van der Waals surface area contributed by atoms with Crippen molar-refractivity contribution in [2.24, 2.45) is 7.05 Å². The van der Waals surface area contributed by atoms with Gasteiger partial charge in [-0.2, -0.15) is 0 Å². The Bertz CT molecular complexity index is 254. The molecule has 0 radical (unpaired) electrons. The molecule has 0 spiro atoms. The summed E-state index contributed by atoms with van der Waals surface area (Å²) >= 11 is 3.40. The van der Waals surface area contributed by atoms with Gasteiger partial charge in [-0.25, -0.2) is 4.98 Å². The van der Waals surface area contributed by atoms with Crippen LogP contribution in [-0.4, -0.2) is 16.6 Å². The number of nitrogens with one attached hydrogen (secondary N) is 1. The predicted octanol–water partition coefficient (Wildman–Crippen LogP) is 1.21. The van der Waals surface area contributed by atoms with Crippen molar-refractivity contribution < 1.29 is 0 Å². The van der Waals surface area contributed by atoms with E-state index < -0.39 is 0 Å². The summed E-state index contributed by atoms with van der Waals surface area (Å²) in [5, 5.41) is 3.09. The van der Waals surface area contributed by atoms with Gasteiger partial charge in [0.05, 0.1) is 5.69 Å². The predicted molar refractivity (Wildman–Crippen MR) is 48.4 cm³/mol. The monoisotopic (exact) mass is 217 g/mol. The van der Waals surface area contributed by atoms with E-state index in [-0.39, 0.29) is 0 Å². The Hall–Kier alpha value is -0.350. The molecular weight excluding hydrogens is 206 g/mol. The van der Waals surface area contributed by atoms with Gasteiger partial charge in [0.1, 0.15) is 10.4 Å². The zero-order valence-corrected chi connectivity index (χ0v) is 8.57. The quantitative estimate of drug-likeness (QED) is 0.808. The van der Waals surface area contributed by atoms with E-state index in [4.69, 9.17) is 0 Å². The van der Waals surface area contributed by atoms with Crippen molar-refractivity contribution in [3.8, 4) is 0 Å². The van der Waals surface area contributed by atoms with Crippen molar-refractivity contribution in [1.82, 2.24) is 14.9 Å². The van der Waals surface area contributed by atoms with Crippen molar-refractivity contribution >= 4 is 15.9 Å². The van der Waals surface area contributed by atoms with Crippen LogP contribution in [-0.2, 0) is 13.6 Å². The Morgan fingerprint density at radius 1 is 1.64 bits per heavy atom. The van der Waals surface area contributed by atoms with Crippen LogP contribution in [0.3, 0.4) is 0 Å². The van der Waals surface area contributed by atoms with Crippen molar-refractivity contribution in [2.75, 3.05) is 7.05 Å². The topological polar surface area (TPSA) is 29.9 Å². The molecule has 0 saturated carbocycles. The summed E-state index contributed by atoms with van der Waals surface area (Å²) in [6, 6.07) is 0. The number of hydrogen-bond donors (Lipinski definition) is 1. The molecule has 1 aromatic rings. The second-order valence-corrected chi connectivity index (χ2v) is 3.24. The van der Waals surface area contributed by atoms with Crippen LogP contribution in [0.1, 0.15) is 11.5 Å². The largest absolute Gasteiger partial charge is 0.333 e. The van der Waals surface area contributed by atoms with Crippen molar-refractivity contribution in [1.29, 1.82) is 0 Å². The highest BCUT2D eigenvalue weighted by Crippen LogP contribution is 2.15. The first kappa shape index (κ1) is 8.74. The highest BCUT2D eigenvalue weighted by molar-refractivity contribution is 9.10. The average molecular weight is 218 g/mol. The van der Waals surface area contributed by atoms with Crippen molar-refractivity contribution in [3.05, 3.63) is 16.1 Å². The summed E-state index contributed by atoms with van der Waals surface area (Å²) < 4.78 is 3.01. The molecule has 0 aromatic carbocycles. The molecule has 4 heteroatoms. The third-order valence-electron chi connectivity index (χ3n) is 1.73. The summed E-state index contributed by atoms with van der Waals surface area (Å²) in [6.07, 6.45) is 0. The Morgan fingerprint density at radius 3 is 2.64 bits per heavy atom. The highest BCUT2D eigenvalue weighted by atomic mass is 79.9. The van der Waals surface area contributed by atoms with E-state index in [0.29, 0.717) is 0 Å². The van der Waals surface area contributed by atoms with E-state index in [2.05, 4.69) is 30.8 Å². The van der Waals surface area contributed by atoms with Gasteiger partial charge in [-0.15, -0.1) is 0 Å². The second-order valence-electron chi connectivity index (χ2n) is 2.49. The van der Waals surface area contributed by atoms with E-state index in [1.54, 1.807) is 0 Å². The average Bonchev–Trinajstić information content (AvgIpc) is 2.17. The van der Waals surface area contributed by atoms with E-state index in [1.807, 2.05) is 21.0 Å². The number of hydrogen-bond acceptors (Lipinski definition) is 2. The van der Waals surface area contributed by atoms with Crippen LogP contribution in [0.25, 0.3) is 0 Å². The molecule has 0 bridgehead atoms. The lowest BCUT2D eigenvalue weighted by Gasteiger charge is -2.01. The molecule has 3 nitrogen and oxygen atoms in total. The third-order valence-corrected chi connectivity index (χ3v) is 2.37. The molecule has 0 aliphatic rings. The lowest BCUT2D eigenvalue weighted by molar-refractivity contribution is 0.718. The smallest absolute Gasteiger partial charge is 0.128 e. The Balaban J connectivity index is 3.02. The number of rotatable bonds is 2. The normalized spacial score (nSPS) is 10.5. The standard InChI is InChI=1S/C7H12BrN3/c1-5-10-7(8)6(4-9-2)11(5)3/h9H,4H2,1-3H3. The zero-order chi connectivity index (χ0) is 8.43. The maximum absolute atomic E-state index is 4.27. The summed E-state index contributed by atoms with van der Waals surface area (Å²) in [5.74, 6) is 1.03. The fourth-order valence-electron chi connectivity index (χ4n) is 0.974. The van der Waals surface area contributed by atoms with Crippen molar-refractivity contribution in [3.63, 3.8) is 0 Å². The Morgan fingerprint density at radius 2 is 2.27 bits per heavy atom. The molecule has 62 valence electrons. The molecule has 0 aliphatic carbocycles. The molecule has 1 aromatic heterocycles. The van der Waals surface area contributed by atoms with Crippen LogP contribution in [0.4, 0.5) is 0 Å². The molecule has 1 heterocycles. The molecule has 0 amide bonds. The minimum absolute atomic E-state index is 0.845. The van der Waals surface area contributed by atoms with Crippen LogP contribution in [0.2, 0.25) is 0 Å². The Kier molecular flexibility index (Phi) is 2.67. The van der Waals surface area contributed by atoms with Crippen molar-refractivity contribution in [2.45, 2.75) is 13.5 Å². The van der Waals surface area contributed by atoms with Gasteiger partial charge in [0.2, 0.25) is 0 Å². The molecule has 0 unspecified atom stereocenters. The summed E-state index contributed by atoms with van der Waals surface area (Å²) in [7, 11) is 3.94. The van der Waals surface area contributed by atoms with Crippen LogP contribution < -0.4 is 5.32 Å². The Labute approximate surface area is 74.9 Å². The number of nitrogens with zero attached hydrogens (tertiary/aromatic N) is 2. The van der Waals surface area contributed by atoms with Gasteiger partial charge in [-0.1, -0.05) is 0 Å². The lowest BCUT2D eigenvalue weighted by atomic mass is 10.4. The van der Waals surface area contributed by atoms with Gasteiger partial charge in [0, 0.05) is 13.6 Å². The SMILES string of the molecule is CNCc1c(Br)nc(C)n1C. The minimum atomic E-state index is 0.845. The van der Waals surface area contributed by atoms with Crippen LogP contribution >= 0.6 is 15.9 Å². The van der Waals surface area contributed by atoms with E-state index >= 15 is 0 Å². The summed E-state index contributed by atoms with van der Waals surface area (Å²) in [4.78, 5) is 4.27. The fourth-order valence-corrected chi connectivity index (χ4v) is 1.64. The van der Waals surface area contributed by atoms with E-state index in [1.165, 1.54) is 5.69 Å². The highest BCUT2D eigenvalue weighted by Gasteiger charge is 2.07. The van der Waals surface area contributed by atoms with Crippen LogP contribution in [0.15, 0.2) is 4.60 Å². The van der Waals surface area contributed by atoms with Gasteiger partial charge in [-0.05, 0) is 29.9 Å². The van der Waals surface area contributed by atoms with E-state index in [0.717, 1.165) is 17.0 Å². The summed E-state index contributed by atoms with van der Waals surface area (Å²) in [6.45, 7) is 2.84. The van der Waals surface area contributed by atoms with Gasteiger partial charge >= 0.3 is 0 Å². The first-order valence-electron chi connectivity index (χ1n) is 3.49. The molecule has 1 rings (SSSR count). The number of aryl methyl sites for hydroxylation is 1. The maximum atomic E-state index is 4.27. The molecule has 0 saturated heterocycles. The number of halogens is 1. The molecule has 1 N–H and O–H groups in total. The molecule has 0 aliphatic heterocycles. The molecular formula is C7H12BrN3. The third kappa shape index (κ3) is 1.62. The van der Waals surface area contributed by atoms with Gasteiger partial charge < -0.3 is 9.88 Å². The molecule has 11 heavy (non-hydrogen) atoms. The number of aromatic nitrogens is 2. The number of imidazole rings is 1. The van der Waals surface area contributed by atoms with Gasteiger partial charge in [-0.3, -0.25) is 0 Å². The first-order chi connectivity index (χ1) is 5.16. The maximum Gasteiger partial charge on any atom is 0.128 e. The van der Waals surface area contributed by atoms with Crippen LogP contribution in [0, 0.1) is 6.92 Å². The van der Waals surface area contributed by atoms with E-state index in [9.17, 15) is 0 Å². The fraction of sp³-hybridized carbons (Fsp3) is 0.571. The summed E-state index contributed by atoms with van der Waals surface area (Å²) in [5.41, 5.74) is 1.19.